The Morgan fingerprint density at radius 1 is 1.23 bits per heavy atom. The maximum atomic E-state index is 13.7. The SMILES string of the molecule is Cc1ccc(NC(=O)C(C)Oc2ccc(Cl)c(C)c2)c(F)c1. The number of hydrogen-bond donors (Lipinski definition) is 1. The first-order valence-electron chi connectivity index (χ1n) is 6.86. The van der Waals surface area contributed by atoms with Crippen LogP contribution in [0.15, 0.2) is 36.4 Å². The van der Waals surface area contributed by atoms with Gasteiger partial charge in [-0.15, -0.1) is 0 Å². The highest BCUT2D eigenvalue weighted by Crippen LogP contribution is 2.22. The molecule has 0 bridgehead atoms. The highest BCUT2D eigenvalue weighted by molar-refractivity contribution is 6.31. The van der Waals surface area contributed by atoms with E-state index in [2.05, 4.69) is 5.32 Å². The van der Waals surface area contributed by atoms with Gasteiger partial charge in [-0.2, -0.15) is 0 Å². The molecule has 1 N–H and O–H groups in total. The van der Waals surface area contributed by atoms with Crippen LogP contribution in [0.5, 0.6) is 5.75 Å². The number of carbonyl (C=O) groups is 1. The Balaban J connectivity index is 2.04. The summed E-state index contributed by atoms with van der Waals surface area (Å²) < 4.78 is 19.3. The largest absolute Gasteiger partial charge is 0.481 e. The molecule has 0 aliphatic carbocycles. The van der Waals surface area contributed by atoms with Crippen molar-refractivity contribution in [3.8, 4) is 5.75 Å². The van der Waals surface area contributed by atoms with Crippen molar-refractivity contribution in [1.82, 2.24) is 0 Å². The van der Waals surface area contributed by atoms with Crippen LogP contribution >= 0.6 is 11.6 Å². The minimum absolute atomic E-state index is 0.137. The van der Waals surface area contributed by atoms with Crippen molar-refractivity contribution in [3.05, 3.63) is 58.4 Å². The van der Waals surface area contributed by atoms with E-state index in [9.17, 15) is 9.18 Å². The van der Waals surface area contributed by atoms with Crippen LogP contribution in [0.25, 0.3) is 0 Å². The summed E-state index contributed by atoms with van der Waals surface area (Å²) in [5, 5.41) is 3.15. The molecule has 2 aromatic rings. The molecular weight excluding hydrogens is 305 g/mol. The van der Waals surface area contributed by atoms with Gasteiger partial charge in [-0.3, -0.25) is 4.79 Å². The molecular formula is C17H17ClFNO2. The predicted molar refractivity (Wildman–Crippen MR) is 86.0 cm³/mol. The zero-order valence-electron chi connectivity index (χ0n) is 12.6. The number of ether oxygens (including phenoxy) is 1. The Hall–Kier alpha value is -2.07. The van der Waals surface area contributed by atoms with Crippen molar-refractivity contribution in [1.29, 1.82) is 0 Å². The van der Waals surface area contributed by atoms with Crippen LogP contribution in [-0.2, 0) is 4.79 Å². The van der Waals surface area contributed by atoms with Gasteiger partial charge in [-0.05, 0) is 62.2 Å². The Labute approximate surface area is 134 Å². The maximum Gasteiger partial charge on any atom is 0.265 e. The van der Waals surface area contributed by atoms with Gasteiger partial charge in [0, 0.05) is 5.02 Å². The van der Waals surface area contributed by atoms with E-state index >= 15 is 0 Å². The van der Waals surface area contributed by atoms with E-state index in [1.54, 1.807) is 38.1 Å². The Morgan fingerprint density at radius 3 is 2.59 bits per heavy atom. The van der Waals surface area contributed by atoms with Gasteiger partial charge in [0.2, 0.25) is 0 Å². The van der Waals surface area contributed by atoms with Crippen molar-refractivity contribution in [2.45, 2.75) is 26.9 Å². The molecule has 1 atom stereocenters. The first-order chi connectivity index (χ1) is 10.4. The lowest BCUT2D eigenvalue weighted by Crippen LogP contribution is -2.30. The summed E-state index contributed by atoms with van der Waals surface area (Å²) in [6, 6.07) is 9.76. The van der Waals surface area contributed by atoms with Gasteiger partial charge < -0.3 is 10.1 Å². The average molecular weight is 322 g/mol. The predicted octanol–water partition coefficient (Wildman–Crippen LogP) is 4.50. The van der Waals surface area contributed by atoms with Crippen LogP contribution in [0.1, 0.15) is 18.1 Å². The molecule has 0 aliphatic heterocycles. The smallest absolute Gasteiger partial charge is 0.265 e. The van der Waals surface area contributed by atoms with Crippen LogP contribution in [-0.4, -0.2) is 12.0 Å². The van der Waals surface area contributed by atoms with E-state index in [0.717, 1.165) is 11.1 Å². The second kappa shape index (κ2) is 6.79. The van der Waals surface area contributed by atoms with E-state index < -0.39 is 17.8 Å². The Morgan fingerprint density at radius 2 is 1.95 bits per heavy atom. The minimum atomic E-state index is -0.763. The van der Waals surface area contributed by atoms with Crippen molar-refractivity contribution in [2.24, 2.45) is 0 Å². The van der Waals surface area contributed by atoms with Gasteiger partial charge in [0.05, 0.1) is 5.69 Å². The molecule has 2 aromatic carbocycles. The van der Waals surface area contributed by atoms with Gasteiger partial charge >= 0.3 is 0 Å². The molecule has 116 valence electrons. The zero-order chi connectivity index (χ0) is 16.3. The number of benzene rings is 2. The van der Waals surface area contributed by atoms with Crippen molar-refractivity contribution < 1.29 is 13.9 Å². The van der Waals surface area contributed by atoms with E-state index in [1.165, 1.54) is 12.1 Å². The van der Waals surface area contributed by atoms with Crippen LogP contribution in [0, 0.1) is 19.7 Å². The fraction of sp³-hybridized carbons (Fsp3) is 0.235. The number of hydrogen-bond acceptors (Lipinski definition) is 2. The van der Waals surface area contributed by atoms with Gasteiger partial charge in [0.15, 0.2) is 6.10 Å². The lowest BCUT2D eigenvalue weighted by atomic mass is 10.2. The topological polar surface area (TPSA) is 38.3 Å². The molecule has 1 unspecified atom stereocenters. The fourth-order valence-corrected chi connectivity index (χ4v) is 2.02. The van der Waals surface area contributed by atoms with Crippen LogP contribution in [0.3, 0.4) is 0 Å². The number of amides is 1. The number of nitrogens with one attached hydrogen (secondary N) is 1. The van der Waals surface area contributed by atoms with Gasteiger partial charge in [-0.1, -0.05) is 17.7 Å². The lowest BCUT2D eigenvalue weighted by Gasteiger charge is -2.15. The molecule has 0 saturated heterocycles. The Kier molecular flexibility index (Phi) is 5.03. The van der Waals surface area contributed by atoms with E-state index in [1.807, 2.05) is 6.92 Å². The molecule has 2 rings (SSSR count). The van der Waals surface area contributed by atoms with E-state index in [4.69, 9.17) is 16.3 Å². The fourth-order valence-electron chi connectivity index (χ4n) is 1.90. The van der Waals surface area contributed by atoms with Crippen molar-refractivity contribution in [2.75, 3.05) is 5.32 Å². The summed E-state index contributed by atoms with van der Waals surface area (Å²) in [5.41, 5.74) is 1.78. The number of anilines is 1. The number of halogens is 2. The van der Waals surface area contributed by atoms with E-state index in [0.29, 0.717) is 10.8 Å². The summed E-state index contributed by atoms with van der Waals surface area (Å²) in [5.74, 6) is -0.354. The third-order valence-corrected chi connectivity index (χ3v) is 3.62. The number of aryl methyl sites for hydroxylation is 2. The lowest BCUT2D eigenvalue weighted by molar-refractivity contribution is -0.122. The number of rotatable bonds is 4. The average Bonchev–Trinajstić information content (AvgIpc) is 2.45. The van der Waals surface area contributed by atoms with Crippen LogP contribution in [0.2, 0.25) is 5.02 Å². The third-order valence-electron chi connectivity index (χ3n) is 3.19. The molecule has 1 amide bonds. The van der Waals surface area contributed by atoms with Crippen molar-refractivity contribution in [3.63, 3.8) is 0 Å². The summed E-state index contributed by atoms with van der Waals surface area (Å²) >= 11 is 5.94. The molecule has 0 spiro atoms. The molecule has 0 aromatic heterocycles. The van der Waals surface area contributed by atoms with Gasteiger partial charge in [0.25, 0.3) is 5.91 Å². The first-order valence-corrected chi connectivity index (χ1v) is 7.24. The quantitative estimate of drug-likeness (QED) is 0.900. The monoisotopic (exact) mass is 321 g/mol. The van der Waals surface area contributed by atoms with Crippen LogP contribution in [0.4, 0.5) is 10.1 Å². The third kappa shape index (κ3) is 3.98. The summed E-state index contributed by atoms with van der Waals surface area (Å²) in [6.07, 6.45) is -0.763. The van der Waals surface area contributed by atoms with Crippen LogP contribution < -0.4 is 10.1 Å². The summed E-state index contributed by atoms with van der Waals surface area (Å²) in [4.78, 5) is 12.1. The summed E-state index contributed by atoms with van der Waals surface area (Å²) in [6.45, 7) is 5.23. The second-order valence-corrected chi connectivity index (χ2v) is 5.55. The van der Waals surface area contributed by atoms with Gasteiger partial charge in [0.1, 0.15) is 11.6 Å². The van der Waals surface area contributed by atoms with E-state index in [-0.39, 0.29) is 5.69 Å². The molecule has 5 heteroatoms. The molecule has 3 nitrogen and oxygen atoms in total. The van der Waals surface area contributed by atoms with Gasteiger partial charge in [-0.25, -0.2) is 4.39 Å². The standard InChI is InChI=1S/C17H17ClFNO2/c1-10-4-7-16(15(19)8-10)20-17(21)12(3)22-13-5-6-14(18)11(2)9-13/h4-9,12H,1-3H3,(H,20,21). The zero-order valence-corrected chi connectivity index (χ0v) is 13.4. The first kappa shape index (κ1) is 16.3. The second-order valence-electron chi connectivity index (χ2n) is 5.14. The maximum absolute atomic E-state index is 13.7. The molecule has 0 saturated carbocycles. The molecule has 0 radical (unpaired) electrons. The Bertz CT molecular complexity index is 703. The van der Waals surface area contributed by atoms with Crippen molar-refractivity contribution >= 4 is 23.2 Å². The number of carbonyl (C=O) groups excluding carboxylic acids is 1. The minimum Gasteiger partial charge on any atom is -0.481 e. The molecule has 0 aliphatic rings. The highest BCUT2D eigenvalue weighted by atomic mass is 35.5. The molecule has 0 fully saturated rings. The highest BCUT2D eigenvalue weighted by Gasteiger charge is 2.16. The normalized spacial score (nSPS) is 11.9. The molecule has 22 heavy (non-hydrogen) atoms. The summed E-state index contributed by atoms with van der Waals surface area (Å²) in [7, 11) is 0. The molecule has 0 heterocycles.